The number of hydrogen-bond donors (Lipinski definition) is 1. The zero-order valence-corrected chi connectivity index (χ0v) is 12.9. The van der Waals surface area contributed by atoms with Gasteiger partial charge in [0.05, 0.1) is 0 Å². The summed E-state index contributed by atoms with van der Waals surface area (Å²) in [6.07, 6.45) is 3.30. The molecule has 1 aromatic rings. The van der Waals surface area contributed by atoms with Gasteiger partial charge in [-0.25, -0.2) is 0 Å². The number of ether oxygens (including phenoxy) is 1. The van der Waals surface area contributed by atoms with E-state index in [0.29, 0.717) is 24.0 Å². The maximum absolute atomic E-state index is 12.6. The molecule has 21 heavy (non-hydrogen) atoms. The van der Waals surface area contributed by atoms with Crippen molar-refractivity contribution in [1.82, 2.24) is 15.4 Å². The van der Waals surface area contributed by atoms with Crippen LogP contribution in [0.4, 0.5) is 0 Å². The second kappa shape index (κ2) is 8.14. The number of piperidine rings is 1. The van der Waals surface area contributed by atoms with E-state index in [4.69, 9.17) is 9.26 Å². The molecule has 0 spiro atoms. The Morgan fingerprint density at radius 3 is 3.14 bits per heavy atom. The largest absolute Gasteiger partial charge is 0.377 e. The monoisotopic (exact) mass is 295 g/mol. The second-order valence-electron chi connectivity index (χ2n) is 5.58. The Kier molecular flexibility index (Phi) is 6.20. The molecular weight excluding hydrogens is 270 g/mol. The molecule has 0 saturated carbocycles. The molecule has 118 valence electrons. The molecule has 2 heterocycles. The number of nitrogens with zero attached hydrogens (tertiary/aromatic N) is 2. The van der Waals surface area contributed by atoms with E-state index in [9.17, 15) is 4.79 Å². The van der Waals surface area contributed by atoms with Crippen LogP contribution in [0.25, 0.3) is 0 Å². The van der Waals surface area contributed by atoms with Gasteiger partial charge in [0.15, 0.2) is 11.5 Å². The Hall–Kier alpha value is -1.40. The minimum Gasteiger partial charge on any atom is -0.377 e. The number of carbonyl (C=O) groups excluding carboxylic acids is 1. The van der Waals surface area contributed by atoms with Gasteiger partial charge in [0.1, 0.15) is 6.61 Å². The molecule has 1 aromatic heterocycles. The van der Waals surface area contributed by atoms with E-state index in [1.165, 1.54) is 12.8 Å². The average Bonchev–Trinajstić information content (AvgIpc) is 2.96. The van der Waals surface area contributed by atoms with E-state index in [2.05, 4.69) is 17.4 Å². The van der Waals surface area contributed by atoms with E-state index >= 15 is 0 Å². The number of amides is 1. The van der Waals surface area contributed by atoms with Crippen molar-refractivity contribution in [2.75, 3.05) is 33.3 Å². The van der Waals surface area contributed by atoms with E-state index in [-0.39, 0.29) is 5.91 Å². The minimum absolute atomic E-state index is 0.0477. The zero-order valence-electron chi connectivity index (χ0n) is 12.9. The summed E-state index contributed by atoms with van der Waals surface area (Å²) >= 11 is 0. The van der Waals surface area contributed by atoms with Gasteiger partial charge >= 0.3 is 0 Å². The fourth-order valence-corrected chi connectivity index (χ4v) is 2.72. The van der Waals surface area contributed by atoms with Crippen LogP contribution in [0.5, 0.6) is 0 Å². The van der Waals surface area contributed by atoms with Gasteiger partial charge in [-0.3, -0.25) is 4.79 Å². The van der Waals surface area contributed by atoms with Crippen molar-refractivity contribution in [2.45, 2.75) is 32.8 Å². The van der Waals surface area contributed by atoms with Crippen LogP contribution in [-0.4, -0.2) is 49.3 Å². The third-order valence-corrected chi connectivity index (χ3v) is 3.72. The highest BCUT2D eigenvalue weighted by atomic mass is 16.5. The van der Waals surface area contributed by atoms with Crippen LogP contribution >= 0.6 is 0 Å². The molecule has 1 aliphatic rings. The van der Waals surface area contributed by atoms with Gasteiger partial charge in [-0.1, -0.05) is 12.1 Å². The first-order valence-corrected chi connectivity index (χ1v) is 7.69. The van der Waals surface area contributed by atoms with Crippen molar-refractivity contribution in [3.63, 3.8) is 0 Å². The van der Waals surface area contributed by atoms with Gasteiger partial charge in [-0.05, 0) is 38.3 Å². The van der Waals surface area contributed by atoms with Crippen LogP contribution in [0, 0.1) is 5.92 Å². The standard InChI is InChI=1S/C15H25N3O3/c1-3-7-18(10-12-5-4-6-16-9-12)15(19)14-8-13(11-20-2)21-17-14/h8,12,16H,3-7,9-11H2,1-2H3. The lowest BCUT2D eigenvalue weighted by Crippen LogP contribution is -2.41. The van der Waals surface area contributed by atoms with Gasteiger partial charge in [-0.15, -0.1) is 0 Å². The third kappa shape index (κ3) is 4.54. The Balaban J connectivity index is 1.99. The summed E-state index contributed by atoms with van der Waals surface area (Å²) in [6, 6.07) is 1.67. The molecule has 1 unspecified atom stereocenters. The first-order valence-electron chi connectivity index (χ1n) is 7.69. The van der Waals surface area contributed by atoms with Crippen LogP contribution in [0.2, 0.25) is 0 Å². The van der Waals surface area contributed by atoms with E-state index in [1.54, 1.807) is 13.2 Å². The third-order valence-electron chi connectivity index (χ3n) is 3.72. The predicted octanol–water partition coefficient (Wildman–Crippen LogP) is 1.67. The lowest BCUT2D eigenvalue weighted by atomic mass is 9.99. The molecule has 1 atom stereocenters. The van der Waals surface area contributed by atoms with Crippen molar-refractivity contribution < 1.29 is 14.1 Å². The van der Waals surface area contributed by atoms with Crippen molar-refractivity contribution in [1.29, 1.82) is 0 Å². The highest BCUT2D eigenvalue weighted by Gasteiger charge is 2.23. The quantitative estimate of drug-likeness (QED) is 0.829. The lowest BCUT2D eigenvalue weighted by Gasteiger charge is -2.29. The summed E-state index contributed by atoms with van der Waals surface area (Å²) in [5, 5.41) is 7.26. The SMILES string of the molecule is CCCN(CC1CCCNC1)C(=O)c1cc(COC)on1. The van der Waals surface area contributed by atoms with Gasteiger partial charge in [0.2, 0.25) is 0 Å². The van der Waals surface area contributed by atoms with Crippen LogP contribution < -0.4 is 5.32 Å². The smallest absolute Gasteiger partial charge is 0.276 e. The minimum atomic E-state index is -0.0477. The number of rotatable bonds is 7. The van der Waals surface area contributed by atoms with Crippen molar-refractivity contribution in [3.05, 3.63) is 17.5 Å². The Labute approximate surface area is 125 Å². The first-order chi connectivity index (χ1) is 10.2. The molecule has 6 nitrogen and oxygen atoms in total. The van der Waals surface area contributed by atoms with Crippen molar-refractivity contribution in [2.24, 2.45) is 5.92 Å². The Morgan fingerprint density at radius 2 is 2.48 bits per heavy atom. The maximum atomic E-state index is 12.6. The Morgan fingerprint density at radius 1 is 1.62 bits per heavy atom. The molecule has 6 heteroatoms. The highest BCUT2D eigenvalue weighted by molar-refractivity contribution is 5.92. The molecule has 2 rings (SSSR count). The van der Waals surface area contributed by atoms with Gasteiger partial charge < -0.3 is 19.5 Å². The molecule has 1 fully saturated rings. The number of nitrogens with one attached hydrogen (secondary N) is 1. The molecule has 0 aliphatic carbocycles. The molecular formula is C15H25N3O3. The lowest BCUT2D eigenvalue weighted by molar-refractivity contribution is 0.0708. The number of hydrogen-bond acceptors (Lipinski definition) is 5. The molecule has 1 aliphatic heterocycles. The molecule has 1 amide bonds. The van der Waals surface area contributed by atoms with Crippen LogP contribution in [0.3, 0.4) is 0 Å². The number of carbonyl (C=O) groups is 1. The molecule has 1 N–H and O–H groups in total. The summed E-state index contributed by atoms with van der Waals surface area (Å²) in [6.45, 7) is 6.02. The summed E-state index contributed by atoms with van der Waals surface area (Å²) < 4.78 is 10.1. The summed E-state index contributed by atoms with van der Waals surface area (Å²) in [5.41, 5.74) is 0.374. The van der Waals surface area contributed by atoms with E-state index in [1.807, 2.05) is 4.90 Å². The second-order valence-corrected chi connectivity index (χ2v) is 5.58. The fourth-order valence-electron chi connectivity index (χ4n) is 2.72. The first kappa shape index (κ1) is 16.0. The van der Waals surface area contributed by atoms with Crippen molar-refractivity contribution in [3.8, 4) is 0 Å². The fraction of sp³-hybridized carbons (Fsp3) is 0.733. The molecule has 0 aromatic carbocycles. The van der Waals surface area contributed by atoms with E-state index < -0.39 is 0 Å². The molecule has 0 bridgehead atoms. The van der Waals surface area contributed by atoms with Crippen LogP contribution in [0.1, 0.15) is 42.4 Å². The predicted molar refractivity (Wildman–Crippen MR) is 79.0 cm³/mol. The Bertz CT molecular complexity index is 441. The normalized spacial score (nSPS) is 18.7. The molecule has 1 saturated heterocycles. The van der Waals surface area contributed by atoms with Crippen molar-refractivity contribution >= 4 is 5.91 Å². The van der Waals surface area contributed by atoms with Gasteiger partial charge in [-0.2, -0.15) is 0 Å². The van der Waals surface area contributed by atoms with Gasteiger partial charge in [0.25, 0.3) is 5.91 Å². The van der Waals surface area contributed by atoms with Crippen LogP contribution in [-0.2, 0) is 11.3 Å². The summed E-state index contributed by atoms with van der Waals surface area (Å²) in [4.78, 5) is 14.5. The summed E-state index contributed by atoms with van der Waals surface area (Å²) in [5.74, 6) is 1.06. The zero-order chi connectivity index (χ0) is 15.1. The summed E-state index contributed by atoms with van der Waals surface area (Å²) in [7, 11) is 1.59. The average molecular weight is 295 g/mol. The molecule has 0 radical (unpaired) electrons. The topological polar surface area (TPSA) is 67.6 Å². The highest BCUT2D eigenvalue weighted by Crippen LogP contribution is 2.15. The van der Waals surface area contributed by atoms with Gasteiger partial charge in [0, 0.05) is 26.3 Å². The van der Waals surface area contributed by atoms with E-state index in [0.717, 1.165) is 32.6 Å². The maximum Gasteiger partial charge on any atom is 0.276 e. The number of methoxy groups -OCH3 is 1. The van der Waals surface area contributed by atoms with Crippen LogP contribution in [0.15, 0.2) is 10.6 Å². The number of aromatic nitrogens is 1.